The van der Waals surface area contributed by atoms with Gasteiger partial charge in [-0.1, -0.05) is 30.3 Å². The summed E-state index contributed by atoms with van der Waals surface area (Å²) < 4.78 is 28.5. The molecule has 110 valence electrons. The Labute approximate surface area is 122 Å². The second-order valence-electron chi connectivity index (χ2n) is 5.32. The fourth-order valence-corrected chi connectivity index (χ4v) is 2.70. The topological polar surface area (TPSA) is 21.3 Å². The molecule has 0 aromatic heterocycles. The van der Waals surface area contributed by atoms with Crippen LogP contribution in [0.5, 0.6) is 5.75 Å². The summed E-state index contributed by atoms with van der Waals surface area (Å²) in [6, 6.07) is 17.6. The number of rotatable bonds is 5. The van der Waals surface area contributed by atoms with Crippen molar-refractivity contribution in [3.8, 4) is 5.75 Å². The molecule has 1 saturated carbocycles. The van der Waals surface area contributed by atoms with Crippen LogP contribution in [-0.4, -0.2) is 12.7 Å². The molecule has 2 nitrogen and oxygen atoms in total. The Hall–Kier alpha value is -2.10. The number of hydrogen-bond donors (Lipinski definition) is 1. The Morgan fingerprint density at radius 2 is 1.62 bits per heavy atom. The van der Waals surface area contributed by atoms with Crippen molar-refractivity contribution in [3.63, 3.8) is 0 Å². The maximum Gasteiger partial charge on any atom is 0.387 e. The minimum absolute atomic E-state index is 0.186. The van der Waals surface area contributed by atoms with Crippen molar-refractivity contribution in [1.82, 2.24) is 0 Å². The molecule has 0 amide bonds. The van der Waals surface area contributed by atoms with Crippen LogP contribution >= 0.6 is 0 Å². The Balaban J connectivity index is 1.50. The standard InChI is InChI=1S/C17H17F2NO/c18-17(19)21-16-8-6-14(7-9-16)20-15-10-13(11-15)12-4-2-1-3-5-12/h1-9,13,15,17,20H,10-11H2. The van der Waals surface area contributed by atoms with Gasteiger partial charge in [-0.15, -0.1) is 0 Å². The number of ether oxygens (including phenoxy) is 1. The number of anilines is 1. The van der Waals surface area contributed by atoms with Crippen molar-refractivity contribution < 1.29 is 13.5 Å². The third-order valence-corrected chi connectivity index (χ3v) is 3.86. The Morgan fingerprint density at radius 1 is 0.952 bits per heavy atom. The highest BCUT2D eigenvalue weighted by atomic mass is 19.3. The predicted octanol–water partition coefficient (Wildman–Crippen LogP) is 4.65. The molecule has 0 atom stereocenters. The van der Waals surface area contributed by atoms with Gasteiger partial charge >= 0.3 is 6.61 Å². The largest absolute Gasteiger partial charge is 0.435 e. The van der Waals surface area contributed by atoms with E-state index in [0.29, 0.717) is 12.0 Å². The van der Waals surface area contributed by atoms with Gasteiger partial charge in [0.1, 0.15) is 5.75 Å². The third-order valence-electron chi connectivity index (χ3n) is 3.86. The van der Waals surface area contributed by atoms with E-state index in [1.165, 1.54) is 5.56 Å². The van der Waals surface area contributed by atoms with Crippen molar-refractivity contribution in [3.05, 3.63) is 60.2 Å². The van der Waals surface area contributed by atoms with Crippen molar-refractivity contribution in [1.29, 1.82) is 0 Å². The first-order valence-corrected chi connectivity index (χ1v) is 7.07. The van der Waals surface area contributed by atoms with Gasteiger partial charge in [0.15, 0.2) is 0 Å². The van der Waals surface area contributed by atoms with Gasteiger partial charge < -0.3 is 10.1 Å². The molecule has 2 aromatic carbocycles. The maximum atomic E-state index is 12.1. The Bertz CT molecular complexity index is 565. The van der Waals surface area contributed by atoms with E-state index in [0.717, 1.165) is 18.5 Å². The van der Waals surface area contributed by atoms with E-state index in [1.807, 2.05) is 6.07 Å². The van der Waals surface area contributed by atoms with E-state index in [1.54, 1.807) is 24.3 Å². The molecule has 1 N–H and O–H groups in total. The zero-order valence-corrected chi connectivity index (χ0v) is 11.5. The molecule has 1 fully saturated rings. The highest BCUT2D eigenvalue weighted by molar-refractivity contribution is 5.48. The SMILES string of the molecule is FC(F)Oc1ccc(NC2CC(c3ccccc3)C2)cc1. The van der Waals surface area contributed by atoms with Crippen LogP contribution in [0.4, 0.5) is 14.5 Å². The minimum Gasteiger partial charge on any atom is -0.435 e. The van der Waals surface area contributed by atoms with E-state index in [4.69, 9.17) is 0 Å². The van der Waals surface area contributed by atoms with E-state index in [2.05, 4.69) is 34.3 Å². The fourth-order valence-electron chi connectivity index (χ4n) is 2.70. The van der Waals surface area contributed by atoms with Crippen molar-refractivity contribution in [2.45, 2.75) is 31.4 Å². The minimum atomic E-state index is -2.78. The first-order chi connectivity index (χ1) is 10.2. The van der Waals surface area contributed by atoms with E-state index in [-0.39, 0.29) is 5.75 Å². The molecule has 0 spiro atoms. The van der Waals surface area contributed by atoms with Crippen LogP contribution in [0.15, 0.2) is 54.6 Å². The smallest absolute Gasteiger partial charge is 0.387 e. The lowest BCUT2D eigenvalue weighted by Crippen LogP contribution is -2.33. The van der Waals surface area contributed by atoms with Crippen LogP contribution in [0.2, 0.25) is 0 Å². The average molecular weight is 289 g/mol. The van der Waals surface area contributed by atoms with Gasteiger partial charge in [0, 0.05) is 11.7 Å². The fraction of sp³-hybridized carbons (Fsp3) is 0.294. The van der Waals surface area contributed by atoms with Gasteiger partial charge in [-0.25, -0.2) is 0 Å². The Morgan fingerprint density at radius 3 is 2.24 bits per heavy atom. The number of alkyl halides is 2. The molecule has 0 bridgehead atoms. The van der Waals surface area contributed by atoms with Gasteiger partial charge in [0.2, 0.25) is 0 Å². The summed E-state index contributed by atoms with van der Waals surface area (Å²) in [7, 11) is 0. The van der Waals surface area contributed by atoms with Gasteiger partial charge in [0.05, 0.1) is 0 Å². The normalized spacial score (nSPS) is 20.9. The quantitative estimate of drug-likeness (QED) is 0.865. The van der Waals surface area contributed by atoms with Gasteiger partial charge in [-0.3, -0.25) is 0 Å². The van der Waals surface area contributed by atoms with Crippen LogP contribution < -0.4 is 10.1 Å². The monoisotopic (exact) mass is 289 g/mol. The van der Waals surface area contributed by atoms with Crippen LogP contribution in [0, 0.1) is 0 Å². The molecule has 21 heavy (non-hydrogen) atoms. The van der Waals surface area contributed by atoms with Crippen LogP contribution in [-0.2, 0) is 0 Å². The van der Waals surface area contributed by atoms with Crippen molar-refractivity contribution in [2.75, 3.05) is 5.32 Å². The summed E-state index contributed by atoms with van der Waals surface area (Å²) in [6.07, 6.45) is 2.19. The number of nitrogens with one attached hydrogen (secondary N) is 1. The van der Waals surface area contributed by atoms with Crippen LogP contribution in [0.25, 0.3) is 0 Å². The summed E-state index contributed by atoms with van der Waals surface area (Å²) >= 11 is 0. The summed E-state index contributed by atoms with van der Waals surface area (Å²) in [6.45, 7) is -2.78. The summed E-state index contributed by atoms with van der Waals surface area (Å²) in [5.41, 5.74) is 2.32. The lowest BCUT2D eigenvalue weighted by molar-refractivity contribution is -0.0498. The predicted molar refractivity (Wildman–Crippen MR) is 78.9 cm³/mol. The third kappa shape index (κ3) is 3.51. The lowest BCUT2D eigenvalue weighted by Gasteiger charge is -2.37. The zero-order chi connectivity index (χ0) is 14.7. The molecule has 0 saturated heterocycles. The zero-order valence-electron chi connectivity index (χ0n) is 11.5. The second-order valence-corrected chi connectivity index (χ2v) is 5.32. The molecule has 3 rings (SSSR count). The molecule has 1 aliphatic carbocycles. The number of hydrogen-bond acceptors (Lipinski definition) is 2. The molecule has 0 aliphatic heterocycles. The molecular formula is C17H17F2NO. The van der Waals surface area contributed by atoms with Crippen molar-refractivity contribution in [2.24, 2.45) is 0 Å². The summed E-state index contributed by atoms with van der Waals surface area (Å²) in [5, 5.41) is 3.42. The van der Waals surface area contributed by atoms with Crippen molar-refractivity contribution >= 4 is 5.69 Å². The average Bonchev–Trinajstić information content (AvgIpc) is 2.44. The molecule has 2 aromatic rings. The molecule has 0 radical (unpaired) electrons. The van der Waals surface area contributed by atoms with Gasteiger partial charge in [-0.2, -0.15) is 8.78 Å². The first-order valence-electron chi connectivity index (χ1n) is 7.07. The molecule has 0 heterocycles. The Kier molecular flexibility index (Phi) is 4.04. The lowest BCUT2D eigenvalue weighted by atomic mass is 9.76. The second kappa shape index (κ2) is 6.12. The molecule has 4 heteroatoms. The first kappa shape index (κ1) is 13.9. The van der Waals surface area contributed by atoms with E-state index in [9.17, 15) is 8.78 Å². The van der Waals surface area contributed by atoms with E-state index < -0.39 is 6.61 Å². The number of benzene rings is 2. The van der Waals surface area contributed by atoms with Gasteiger partial charge in [0.25, 0.3) is 0 Å². The summed E-state index contributed by atoms with van der Waals surface area (Å²) in [5.74, 6) is 0.802. The number of halogens is 2. The maximum absolute atomic E-state index is 12.1. The highest BCUT2D eigenvalue weighted by Crippen LogP contribution is 2.38. The molecule has 1 aliphatic rings. The molecule has 0 unspecified atom stereocenters. The summed E-state index contributed by atoms with van der Waals surface area (Å²) in [4.78, 5) is 0. The molecular weight excluding hydrogens is 272 g/mol. The van der Waals surface area contributed by atoms with Gasteiger partial charge in [-0.05, 0) is 48.6 Å². The van der Waals surface area contributed by atoms with Crippen LogP contribution in [0.3, 0.4) is 0 Å². The highest BCUT2D eigenvalue weighted by Gasteiger charge is 2.29. The van der Waals surface area contributed by atoms with Crippen LogP contribution in [0.1, 0.15) is 24.3 Å². The van der Waals surface area contributed by atoms with E-state index >= 15 is 0 Å².